The van der Waals surface area contributed by atoms with E-state index in [9.17, 15) is 22.4 Å². The monoisotopic (exact) mass is 486 g/mol. The molecule has 1 aliphatic heterocycles. The van der Waals surface area contributed by atoms with Gasteiger partial charge in [-0.15, -0.1) is 13.2 Å². The standard InChI is InChI=1S/C25H22F4N4O2/c26-22-15-20(35-25(27,28)29)4-5-21(22)17-7-10-32(24(34)14-17)19-3-6-23-18(13-19)16-30-33(23)12-11-31-8-1-2-9-31/h3-7,10,13-16H,1-2,8-9,11-12H2. The molecule has 0 unspecified atom stereocenters. The fraction of sp³-hybridized carbons (Fsp3) is 0.280. The van der Waals surface area contributed by atoms with Gasteiger partial charge in [-0.3, -0.25) is 14.0 Å². The summed E-state index contributed by atoms with van der Waals surface area (Å²) in [6.45, 7) is 3.98. The number of fused-ring (bicyclic) bond motifs is 1. The Morgan fingerprint density at radius 2 is 1.77 bits per heavy atom. The van der Waals surface area contributed by atoms with Gasteiger partial charge in [0, 0.05) is 41.5 Å². The highest BCUT2D eigenvalue weighted by Crippen LogP contribution is 2.29. The second-order valence-electron chi connectivity index (χ2n) is 8.47. The van der Waals surface area contributed by atoms with Crippen molar-refractivity contribution < 1.29 is 22.3 Å². The van der Waals surface area contributed by atoms with Crippen LogP contribution in [0.4, 0.5) is 17.6 Å². The number of likely N-dealkylation sites (tertiary alicyclic amines) is 1. The summed E-state index contributed by atoms with van der Waals surface area (Å²) in [5.41, 5.74) is 1.44. The van der Waals surface area contributed by atoms with Gasteiger partial charge < -0.3 is 9.64 Å². The molecule has 4 aromatic rings. The quantitative estimate of drug-likeness (QED) is 0.361. The Morgan fingerprint density at radius 1 is 0.971 bits per heavy atom. The predicted octanol–water partition coefficient (Wildman–Crippen LogP) is 4.99. The maximum Gasteiger partial charge on any atom is 0.573 e. The van der Waals surface area contributed by atoms with Crippen LogP contribution >= 0.6 is 0 Å². The Balaban J connectivity index is 1.37. The van der Waals surface area contributed by atoms with Gasteiger partial charge in [0.1, 0.15) is 11.6 Å². The number of halogens is 4. The van der Waals surface area contributed by atoms with E-state index in [1.54, 1.807) is 6.20 Å². The van der Waals surface area contributed by atoms with Crippen molar-refractivity contribution in [3.8, 4) is 22.6 Å². The minimum absolute atomic E-state index is 0.00138. The molecular weight excluding hydrogens is 464 g/mol. The number of hydrogen-bond acceptors (Lipinski definition) is 4. The van der Waals surface area contributed by atoms with Gasteiger partial charge >= 0.3 is 6.36 Å². The third kappa shape index (κ3) is 5.07. The van der Waals surface area contributed by atoms with Crippen LogP contribution in [-0.2, 0) is 6.54 Å². The van der Waals surface area contributed by atoms with Gasteiger partial charge in [0.05, 0.1) is 18.3 Å². The third-order valence-electron chi connectivity index (χ3n) is 6.13. The Bertz CT molecular complexity index is 1420. The second-order valence-corrected chi connectivity index (χ2v) is 8.47. The summed E-state index contributed by atoms with van der Waals surface area (Å²) >= 11 is 0. The van der Waals surface area contributed by atoms with Crippen LogP contribution in [0, 0.1) is 5.82 Å². The van der Waals surface area contributed by atoms with E-state index >= 15 is 0 Å². The highest BCUT2D eigenvalue weighted by atomic mass is 19.4. The summed E-state index contributed by atoms with van der Waals surface area (Å²) in [6.07, 6.45) is 0.834. The van der Waals surface area contributed by atoms with E-state index in [1.807, 2.05) is 22.9 Å². The van der Waals surface area contributed by atoms with Gasteiger partial charge in [0.25, 0.3) is 5.56 Å². The third-order valence-corrected chi connectivity index (χ3v) is 6.13. The molecule has 0 bridgehead atoms. The first-order valence-electron chi connectivity index (χ1n) is 11.2. The number of rotatable bonds is 6. The van der Waals surface area contributed by atoms with Crippen LogP contribution in [0.15, 0.2) is 65.7 Å². The van der Waals surface area contributed by atoms with Crippen LogP contribution in [-0.4, -0.2) is 45.2 Å². The number of nitrogens with zero attached hydrogens (tertiary/aromatic N) is 4. The lowest BCUT2D eigenvalue weighted by atomic mass is 10.1. The van der Waals surface area contributed by atoms with Crippen molar-refractivity contribution in [2.75, 3.05) is 19.6 Å². The molecule has 0 spiro atoms. The van der Waals surface area contributed by atoms with Crippen molar-refractivity contribution in [1.29, 1.82) is 0 Å². The van der Waals surface area contributed by atoms with Crippen LogP contribution in [0.2, 0.25) is 0 Å². The van der Waals surface area contributed by atoms with E-state index in [4.69, 9.17) is 0 Å². The molecule has 1 fully saturated rings. The fourth-order valence-electron chi connectivity index (χ4n) is 4.43. The maximum absolute atomic E-state index is 14.4. The molecule has 182 valence electrons. The summed E-state index contributed by atoms with van der Waals surface area (Å²) in [5.74, 6) is -1.59. The minimum atomic E-state index is -4.92. The van der Waals surface area contributed by atoms with Crippen molar-refractivity contribution in [3.63, 3.8) is 0 Å². The first kappa shape index (κ1) is 23.1. The van der Waals surface area contributed by atoms with Gasteiger partial charge in [-0.1, -0.05) is 0 Å². The lowest BCUT2D eigenvalue weighted by Gasteiger charge is -2.14. The van der Waals surface area contributed by atoms with Gasteiger partial charge in [-0.2, -0.15) is 5.10 Å². The van der Waals surface area contributed by atoms with Crippen LogP contribution in [0.25, 0.3) is 27.7 Å². The normalized spacial score (nSPS) is 14.6. The smallest absolute Gasteiger partial charge is 0.406 e. The Hall–Kier alpha value is -3.66. The summed E-state index contributed by atoms with van der Waals surface area (Å²) in [7, 11) is 0. The lowest BCUT2D eigenvalue weighted by Crippen LogP contribution is -2.24. The SMILES string of the molecule is O=c1cc(-c2ccc(OC(F)(F)F)cc2F)ccn1-c1ccc2c(cnn2CCN2CCCC2)c1. The zero-order valence-electron chi connectivity index (χ0n) is 18.6. The van der Waals surface area contributed by atoms with Crippen LogP contribution in [0.3, 0.4) is 0 Å². The van der Waals surface area contributed by atoms with Crippen molar-refractivity contribution in [3.05, 3.63) is 77.1 Å². The number of hydrogen-bond donors (Lipinski definition) is 0. The first-order valence-corrected chi connectivity index (χ1v) is 11.2. The molecular formula is C25H22F4N4O2. The molecule has 2 aromatic carbocycles. The highest BCUT2D eigenvalue weighted by Gasteiger charge is 2.31. The largest absolute Gasteiger partial charge is 0.573 e. The topological polar surface area (TPSA) is 52.3 Å². The summed E-state index contributed by atoms with van der Waals surface area (Å²) in [6, 6.07) is 11.2. The first-order chi connectivity index (χ1) is 16.8. The Labute approximate surface area is 198 Å². The molecule has 0 N–H and O–H groups in total. The van der Waals surface area contributed by atoms with E-state index < -0.39 is 23.5 Å². The average molecular weight is 486 g/mol. The van der Waals surface area contributed by atoms with Crippen LogP contribution < -0.4 is 10.3 Å². The summed E-state index contributed by atoms with van der Waals surface area (Å²) in [4.78, 5) is 15.2. The number of benzene rings is 2. The number of pyridine rings is 1. The zero-order chi connectivity index (χ0) is 24.6. The fourth-order valence-corrected chi connectivity index (χ4v) is 4.43. The molecule has 0 aliphatic carbocycles. The van der Waals surface area contributed by atoms with E-state index in [2.05, 4.69) is 14.7 Å². The van der Waals surface area contributed by atoms with Gasteiger partial charge in [0.2, 0.25) is 0 Å². The molecule has 0 atom stereocenters. The summed E-state index contributed by atoms with van der Waals surface area (Å²) < 4.78 is 58.6. The average Bonchev–Trinajstić information content (AvgIpc) is 3.46. The Kier molecular flexibility index (Phi) is 6.06. The van der Waals surface area contributed by atoms with Crippen molar-refractivity contribution in [1.82, 2.24) is 19.2 Å². The molecule has 0 radical (unpaired) electrons. The number of ether oxygens (including phenoxy) is 1. The highest BCUT2D eigenvalue weighted by molar-refractivity contribution is 5.81. The zero-order valence-corrected chi connectivity index (χ0v) is 18.6. The predicted molar refractivity (Wildman–Crippen MR) is 123 cm³/mol. The van der Waals surface area contributed by atoms with Gasteiger partial charge in [-0.25, -0.2) is 4.39 Å². The molecule has 0 saturated carbocycles. The van der Waals surface area contributed by atoms with Gasteiger partial charge in [0.15, 0.2) is 0 Å². The van der Waals surface area contributed by atoms with Crippen molar-refractivity contribution in [2.24, 2.45) is 0 Å². The van der Waals surface area contributed by atoms with Crippen LogP contribution in [0.1, 0.15) is 12.8 Å². The maximum atomic E-state index is 14.4. The molecule has 3 heterocycles. The molecule has 10 heteroatoms. The summed E-state index contributed by atoms with van der Waals surface area (Å²) in [5, 5.41) is 5.38. The minimum Gasteiger partial charge on any atom is -0.406 e. The molecule has 1 aliphatic rings. The van der Waals surface area contributed by atoms with E-state index in [0.717, 1.165) is 49.2 Å². The van der Waals surface area contributed by atoms with Gasteiger partial charge in [-0.05, 0) is 67.9 Å². The van der Waals surface area contributed by atoms with Crippen molar-refractivity contribution >= 4 is 10.9 Å². The molecule has 5 rings (SSSR count). The molecule has 6 nitrogen and oxygen atoms in total. The Morgan fingerprint density at radius 3 is 2.49 bits per heavy atom. The van der Waals surface area contributed by atoms with Crippen LogP contribution in [0.5, 0.6) is 5.75 Å². The molecule has 2 aromatic heterocycles. The van der Waals surface area contributed by atoms with Crippen molar-refractivity contribution in [2.45, 2.75) is 25.7 Å². The second kappa shape index (κ2) is 9.18. The van der Waals surface area contributed by atoms with E-state index in [0.29, 0.717) is 11.8 Å². The van der Waals surface area contributed by atoms with E-state index in [1.165, 1.54) is 35.7 Å². The lowest BCUT2D eigenvalue weighted by molar-refractivity contribution is -0.274. The van der Waals surface area contributed by atoms with E-state index in [-0.39, 0.29) is 11.1 Å². The number of alkyl halides is 3. The number of aromatic nitrogens is 3. The molecule has 35 heavy (non-hydrogen) atoms. The molecule has 1 saturated heterocycles. The molecule has 0 amide bonds.